The second-order valence-electron chi connectivity index (χ2n) is 12.8. The number of amides is 3. The van der Waals surface area contributed by atoms with Crippen LogP contribution in [0.1, 0.15) is 65.2 Å². The van der Waals surface area contributed by atoms with Gasteiger partial charge in [0.1, 0.15) is 0 Å². The number of carbonyl (C=O) groups is 3. The quantitative estimate of drug-likeness (QED) is 0.317. The Kier molecular flexibility index (Phi) is 8.44. The molecule has 4 aliphatic rings. The van der Waals surface area contributed by atoms with Gasteiger partial charge < -0.3 is 5.32 Å². The van der Waals surface area contributed by atoms with E-state index in [0.29, 0.717) is 32.1 Å². The molecule has 4 rings (SSSR count). The van der Waals surface area contributed by atoms with Gasteiger partial charge in [0.2, 0.25) is 18.0 Å². The highest BCUT2D eigenvalue weighted by molar-refractivity contribution is 5.97. The van der Waals surface area contributed by atoms with Crippen LogP contribution in [0.2, 0.25) is 0 Å². The molecular weight excluding hydrogens is 628 g/mol. The molecule has 44 heavy (non-hydrogen) atoms. The van der Waals surface area contributed by atoms with E-state index in [9.17, 15) is 67.1 Å². The van der Waals surface area contributed by atoms with Crippen LogP contribution in [-0.2, 0) is 9.59 Å². The Labute approximate surface area is 243 Å². The standard InChI is InChI=1S/C27H30F12N2O3/c1-22-9-7-13(42)11-12(22)3-4-14-15-5-6-17(23(15,2)10-8-16(14)22)18(43)41(20(26(34,35)36)27(37,38)39)21(44)40-19(24(28,29)30)25(31,32)33/h11,14-17,19-20H,3-10H2,1-2H3,(H,40,44)/t14?,15?,16?,17?,22-,23-/m0/s1. The molecule has 3 fully saturated rings. The van der Waals surface area contributed by atoms with Crippen LogP contribution in [0.4, 0.5) is 57.5 Å². The molecule has 6 atom stereocenters. The number of alkyl halides is 12. The van der Waals surface area contributed by atoms with Crippen LogP contribution in [0.5, 0.6) is 0 Å². The fraction of sp³-hybridized carbons (Fsp3) is 0.815. The second-order valence-corrected chi connectivity index (χ2v) is 12.8. The number of nitrogens with zero attached hydrogens (tertiary/aromatic N) is 1. The second kappa shape index (κ2) is 10.8. The molecule has 0 aliphatic heterocycles. The minimum absolute atomic E-state index is 0.0244. The van der Waals surface area contributed by atoms with E-state index in [1.165, 1.54) is 6.92 Å². The summed E-state index contributed by atoms with van der Waals surface area (Å²) in [5.74, 6) is -4.52. The first-order chi connectivity index (χ1) is 19.8. The van der Waals surface area contributed by atoms with Gasteiger partial charge in [-0.15, -0.1) is 0 Å². The van der Waals surface area contributed by atoms with E-state index in [0.717, 1.165) is 5.57 Å². The Balaban J connectivity index is 1.71. The maximum Gasteiger partial charge on any atom is 0.418 e. The van der Waals surface area contributed by atoms with Crippen LogP contribution in [-0.4, -0.2) is 59.4 Å². The van der Waals surface area contributed by atoms with Crippen LogP contribution in [0.25, 0.3) is 0 Å². The topological polar surface area (TPSA) is 66.5 Å². The van der Waals surface area contributed by atoms with Gasteiger partial charge in [0.15, 0.2) is 5.78 Å². The number of ketones is 1. The lowest BCUT2D eigenvalue weighted by molar-refractivity contribution is -0.279. The molecule has 4 aliphatic carbocycles. The third kappa shape index (κ3) is 5.92. The van der Waals surface area contributed by atoms with Gasteiger partial charge >= 0.3 is 30.7 Å². The van der Waals surface area contributed by atoms with Gasteiger partial charge in [-0.1, -0.05) is 19.4 Å². The smallest absolute Gasteiger partial charge is 0.318 e. The number of hydrogen-bond donors (Lipinski definition) is 1. The lowest BCUT2D eigenvalue weighted by Crippen LogP contribution is -2.66. The predicted molar refractivity (Wildman–Crippen MR) is 127 cm³/mol. The van der Waals surface area contributed by atoms with Crippen LogP contribution in [0.3, 0.4) is 0 Å². The number of halogens is 12. The molecule has 0 aromatic heterocycles. The Morgan fingerprint density at radius 1 is 0.795 bits per heavy atom. The molecule has 0 aromatic carbocycles. The Bertz CT molecular complexity index is 1180. The summed E-state index contributed by atoms with van der Waals surface area (Å²) in [7, 11) is 0. The normalized spacial score (nSPS) is 33.0. The summed E-state index contributed by atoms with van der Waals surface area (Å²) in [6.45, 7) is 3.45. The summed E-state index contributed by atoms with van der Waals surface area (Å²) in [5, 5.41) is 0.178. The summed E-state index contributed by atoms with van der Waals surface area (Å²) in [4.78, 5) is 36.8. The number of urea groups is 1. The van der Waals surface area contributed by atoms with Gasteiger partial charge in [-0.2, -0.15) is 52.7 Å². The van der Waals surface area contributed by atoms with Gasteiger partial charge in [0.25, 0.3) is 0 Å². The zero-order valence-corrected chi connectivity index (χ0v) is 23.4. The molecule has 1 N–H and O–H groups in total. The molecule has 17 heteroatoms. The number of allylic oxidation sites excluding steroid dienone is 1. The summed E-state index contributed by atoms with van der Waals surface area (Å²) in [6, 6.07) is -12.9. The van der Waals surface area contributed by atoms with E-state index < -0.39 is 76.3 Å². The number of nitrogens with one attached hydrogen (secondary N) is 1. The summed E-state index contributed by atoms with van der Waals surface area (Å²) < 4.78 is 161. The minimum atomic E-state index is -6.48. The molecule has 0 bridgehead atoms. The zero-order chi connectivity index (χ0) is 33.4. The third-order valence-corrected chi connectivity index (χ3v) is 10.5. The molecule has 0 aromatic rings. The van der Waals surface area contributed by atoms with Crippen molar-refractivity contribution in [3.8, 4) is 0 Å². The maximum atomic E-state index is 13.8. The van der Waals surface area contributed by atoms with E-state index in [2.05, 4.69) is 0 Å². The van der Waals surface area contributed by atoms with Crippen molar-refractivity contribution in [3.05, 3.63) is 11.6 Å². The van der Waals surface area contributed by atoms with Gasteiger partial charge in [0.05, 0.1) is 0 Å². The first-order valence-corrected chi connectivity index (χ1v) is 14.0. The molecule has 5 nitrogen and oxygen atoms in total. The third-order valence-electron chi connectivity index (χ3n) is 10.5. The highest BCUT2D eigenvalue weighted by Gasteiger charge is 2.67. The number of rotatable bonds is 3. The molecule has 3 amide bonds. The van der Waals surface area contributed by atoms with Crippen molar-refractivity contribution < 1.29 is 67.1 Å². The van der Waals surface area contributed by atoms with E-state index in [-0.39, 0.29) is 42.2 Å². The summed E-state index contributed by atoms with van der Waals surface area (Å²) in [6.07, 6.45) is -21.9. The van der Waals surface area contributed by atoms with Crippen molar-refractivity contribution in [2.75, 3.05) is 0 Å². The average molecular weight is 659 g/mol. The van der Waals surface area contributed by atoms with Gasteiger partial charge in [-0.25, -0.2) is 9.69 Å². The van der Waals surface area contributed by atoms with Crippen LogP contribution in [0.15, 0.2) is 11.6 Å². The highest BCUT2D eigenvalue weighted by Crippen LogP contribution is 2.67. The zero-order valence-electron chi connectivity index (χ0n) is 23.4. The van der Waals surface area contributed by atoms with E-state index in [1.54, 1.807) is 6.08 Å². The Morgan fingerprint density at radius 2 is 1.36 bits per heavy atom. The highest BCUT2D eigenvalue weighted by atomic mass is 19.4. The van der Waals surface area contributed by atoms with Gasteiger partial charge in [-0.05, 0) is 79.6 Å². The minimum Gasteiger partial charge on any atom is -0.318 e. The van der Waals surface area contributed by atoms with Crippen molar-refractivity contribution >= 4 is 17.7 Å². The lowest BCUT2D eigenvalue weighted by Gasteiger charge is -2.58. The molecular formula is C27H30F12N2O3. The van der Waals surface area contributed by atoms with Crippen molar-refractivity contribution in [1.29, 1.82) is 0 Å². The van der Waals surface area contributed by atoms with Gasteiger partial charge in [-0.3, -0.25) is 9.59 Å². The lowest BCUT2D eigenvalue weighted by atomic mass is 9.47. The van der Waals surface area contributed by atoms with E-state index in [1.807, 2.05) is 6.92 Å². The average Bonchev–Trinajstić information content (AvgIpc) is 3.20. The number of carbonyl (C=O) groups excluding carboxylic acids is 3. The molecule has 4 unspecified atom stereocenters. The largest absolute Gasteiger partial charge is 0.418 e. The first kappa shape index (κ1) is 34.4. The van der Waals surface area contributed by atoms with Crippen LogP contribution in [0, 0.1) is 34.5 Å². The van der Waals surface area contributed by atoms with Crippen LogP contribution >= 0.6 is 0 Å². The molecule has 250 valence electrons. The first-order valence-electron chi connectivity index (χ1n) is 14.0. The molecule has 3 saturated carbocycles. The van der Waals surface area contributed by atoms with Crippen LogP contribution < -0.4 is 5.32 Å². The predicted octanol–water partition coefficient (Wildman–Crippen LogP) is 7.66. The number of hydrogen-bond acceptors (Lipinski definition) is 3. The Morgan fingerprint density at radius 3 is 1.89 bits per heavy atom. The van der Waals surface area contributed by atoms with Crippen molar-refractivity contribution in [2.24, 2.45) is 34.5 Å². The van der Waals surface area contributed by atoms with Crippen molar-refractivity contribution in [3.63, 3.8) is 0 Å². The molecule has 0 saturated heterocycles. The molecule has 0 spiro atoms. The molecule has 0 heterocycles. The summed E-state index contributed by atoms with van der Waals surface area (Å²) >= 11 is 0. The summed E-state index contributed by atoms with van der Waals surface area (Å²) in [5.41, 5.74) is -0.739. The number of imide groups is 1. The maximum absolute atomic E-state index is 13.8. The van der Waals surface area contributed by atoms with E-state index >= 15 is 0 Å². The van der Waals surface area contributed by atoms with Crippen molar-refractivity contribution in [1.82, 2.24) is 10.2 Å². The Hall–Kier alpha value is -2.49. The molecule has 0 radical (unpaired) electrons. The monoisotopic (exact) mass is 658 g/mol. The van der Waals surface area contributed by atoms with E-state index in [4.69, 9.17) is 0 Å². The number of fused-ring (bicyclic) bond motifs is 5. The SMILES string of the molecule is C[C@]12CCC3C(CCC4=CC(=O)CC[C@@]43C)C1CCC2C(=O)N(C(=O)NC(C(F)(F)F)C(F)(F)F)C(C(F)(F)F)C(F)(F)F. The van der Waals surface area contributed by atoms with Crippen molar-refractivity contribution in [2.45, 2.75) is 102 Å². The fourth-order valence-corrected chi connectivity index (χ4v) is 8.50. The fourth-order valence-electron chi connectivity index (χ4n) is 8.50. The van der Waals surface area contributed by atoms with Gasteiger partial charge in [0, 0.05) is 12.3 Å².